The van der Waals surface area contributed by atoms with Crippen LogP contribution in [0.5, 0.6) is 0 Å². The number of nitrogens with one attached hydrogen (secondary N) is 1. The molecule has 0 aromatic heterocycles. The summed E-state index contributed by atoms with van der Waals surface area (Å²) in [5, 5.41) is 2.94. The zero-order chi connectivity index (χ0) is 19.7. The highest BCUT2D eigenvalue weighted by molar-refractivity contribution is 6.01. The van der Waals surface area contributed by atoms with Crippen LogP contribution < -0.4 is 10.2 Å². The van der Waals surface area contributed by atoms with E-state index in [-0.39, 0.29) is 11.8 Å². The van der Waals surface area contributed by atoms with Crippen molar-refractivity contribution in [3.8, 4) is 0 Å². The van der Waals surface area contributed by atoms with E-state index in [1.54, 1.807) is 11.9 Å². The highest BCUT2D eigenvalue weighted by Gasteiger charge is 2.39. The lowest BCUT2D eigenvalue weighted by molar-refractivity contribution is -0.169. The second-order valence-corrected chi connectivity index (χ2v) is 7.29. The van der Waals surface area contributed by atoms with Crippen molar-refractivity contribution in [1.82, 2.24) is 5.32 Å². The first-order chi connectivity index (χ1) is 13.5. The first-order valence-corrected chi connectivity index (χ1v) is 9.51. The molecular formula is C22H24N2O4. The summed E-state index contributed by atoms with van der Waals surface area (Å²) in [5.74, 6) is -0.922. The van der Waals surface area contributed by atoms with Gasteiger partial charge >= 0.3 is 0 Å². The number of likely N-dealkylation sites (N-methyl/N-ethyl adjacent to an activating group) is 1. The van der Waals surface area contributed by atoms with E-state index in [0.717, 1.165) is 22.4 Å². The molecule has 1 fully saturated rings. The molecule has 0 atom stereocenters. The third-order valence-electron chi connectivity index (χ3n) is 5.40. The molecule has 2 aromatic carbocycles. The largest absolute Gasteiger partial charge is 0.352 e. The summed E-state index contributed by atoms with van der Waals surface area (Å²) in [6.07, 6.45) is 0.882. The van der Waals surface area contributed by atoms with Crippen LogP contribution in [0.25, 0.3) is 0 Å². The Morgan fingerprint density at radius 3 is 2.57 bits per heavy atom. The summed E-state index contributed by atoms with van der Waals surface area (Å²) >= 11 is 0. The monoisotopic (exact) mass is 380 g/mol. The number of nitrogens with zero attached hydrogens (tertiary/aromatic N) is 1. The van der Waals surface area contributed by atoms with Crippen molar-refractivity contribution in [3.05, 3.63) is 64.7 Å². The number of carbonyl (C=O) groups excluding carboxylic acids is 2. The molecule has 0 bridgehead atoms. The number of aryl methyl sites for hydroxylation is 1. The Hall–Kier alpha value is -2.70. The Bertz CT molecular complexity index is 901. The minimum atomic E-state index is -0.889. The van der Waals surface area contributed by atoms with E-state index in [9.17, 15) is 9.59 Å². The number of rotatable bonds is 5. The SMILES string of the molecule is Cc1ccc(C(=O)NCCC2(c3ccc4c(c3)CC(=O)N4C)OCCO2)cc1. The number of fused-ring (bicyclic) bond motifs is 1. The number of benzene rings is 2. The van der Waals surface area contributed by atoms with E-state index < -0.39 is 5.79 Å². The van der Waals surface area contributed by atoms with E-state index in [4.69, 9.17) is 9.47 Å². The summed E-state index contributed by atoms with van der Waals surface area (Å²) in [5.41, 5.74) is 4.54. The molecule has 0 radical (unpaired) electrons. The highest BCUT2D eigenvalue weighted by atomic mass is 16.7. The number of hydrogen-bond acceptors (Lipinski definition) is 4. The van der Waals surface area contributed by atoms with E-state index >= 15 is 0 Å². The maximum Gasteiger partial charge on any atom is 0.251 e. The molecule has 0 spiro atoms. The lowest BCUT2D eigenvalue weighted by atomic mass is 9.98. The molecule has 2 heterocycles. The molecular weight excluding hydrogens is 356 g/mol. The molecule has 146 valence electrons. The summed E-state index contributed by atoms with van der Waals surface area (Å²) in [6.45, 7) is 3.41. The van der Waals surface area contributed by atoms with Crippen LogP contribution in [0.1, 0.15) is 33.5 Å². The fourth-order valence-electron chi connectivity index (χ4n) is 3.76. The average Bonchev–Trinajstić information content (AvgIpc) is 3.28. The predicted molar refractivity (Wildman–Crippen MR) is 105 cm³/mol. The second kappa shape index (κ2) is 7.37. The summed E-state index contributed by atoms with van der Waals surface area (Å²) in [6, 6.07) is 13.3. The van der Waals surface area contributed by atoms with Gasteiger partial charge < -0.3 is 19.7 Å². The molecule has 2 aliphatic heterocycles. The van der Waals surface area contributed by atoms with Crippen molar-refractivity contribution in [2.75, 3.05) is 31.7 Å². The molecule has 6 nitrogen and oxygen atoms in total. The molecule has 2 aliphatic rings. The zero-order valence-corrected chi connectivity index (χ0v) is 16.2. The van der Waals surface area contributed by atoms with Gasteiger partial charge in [0.05, 0.1) is 19.6 Å². The number of hydrogen-bond donors (Lipinski definition) is 1. The van der Waals surface area contributed by atoms with Gasteiger partial charge in [-0.3, -0.25) is 9.59 Å². The molecule has 6 heteroatoms. The first kappa shape index (κ1) is 18.7. The van der Waals surface area contributed by atoms with Crippen molar-refractivity contribution in [3.63, 3.8) is 0 Å². The molecule has 0 unspecified atom stereocenters. The maximum atomic E-state index is 12.4. The van der Waals surface area contributed by atoms with Gasteiger partial charge in [0.15, 0.2) is 5.79 Å². The van der Waals surface area contributed by atoms with Gasteiger partial charge in [-0.05, 0) is 36.8 Å². The normalized spacial score (nSPS) is 17.6. The molecule has 2 aromatic rings. The average molecular weight is 380 g/mol. The third kappa shape index (κ3) is 3.41. The second-order valence-electron chi connectivity index (χ2n) is 7.29. The Labute approximate surface area is 164 Å². The minimum absolute atomic E-state index is 0.0832. The van der Waals surface area contributed by atoms with Gasteiger partial charge in [-0.2, -0.15) is 0 Å². The molecule has 0 saturated carbocycles. The summed E-state index contributed by atoms with van der Waals surface area (Å²) in [4.78, 5) is 26.0. The van der Waals surface area contributed by atoms with Gasteiger partial charge in [-0.25, -0.2) is 0 Å². The summed E-state index contributed by atoms with van der Waals surface area (Å²) < 4.78 is 11.9. The van der Waals surface area contributed by atoms with Crippen molar-refractivity contribution in [2.24, 2.45) is 0 Å². The van der Waals surface area contributed by atoms with Crippen LogP contribution in [0.3, 0.4) is 0 Å². The number of carbonyl (C=O) groups is 2. The number of ether oxygens (including phenoxy) is 2. The predicted octanol–water partition coefficient (Wildman–Crippen LogP) is 2.53. The van der Waals surface area contributed by atoms with Gasteiger partial charge in [0.2, 0.25) is 5.91 Å². The van der Waals surface area contributed by atoms with Gasteiger partial charge in [-0.1, -0.05) is 23.8 Å². The number of amides is 2. The lowest BCUT2D eigenvalue weighted by Crippen LogP contribution is -2.34. The topological polar surface area (TPSA) is 67.9 Å². The summed E-state index contributed by atoms with van der Waals surface area (Å²) in [7, 11) is 1.78. The fraction of sp³-hybridized carbons (Fsp3) is 0.364. The molecule has 1 N–H and O–H groups in total. The van der Waals surface area contributed by atoms with Crippen LogP contribution in [-0.2, 0) is 26.5 Å². The molecule has 2 amide bonds. The van der Waals surface area contributed by atoms with Gasteiger partial charge in [0.25, 0.3) is 5.91 Å². The molecule has 4 rings (SSSR count). The van der Waals surface area contributed by atoms with Crippen LogP contribution in [0.2, 0.25) is 0 Å². The van der Waals surface area contributed by atoms with Crippen molar-refractivity contribution in [2.45, 2.75) is 25.6 Å². The van der Waals surface area contributed by atoms with Gasteiger partial charge in [-0.15, -0.1) is 0 Å². The quantitative estimate of drug-likeness (QED) is 0.866. The van der Waals surface area contributed by atoms with Crippen molar-refractivity contribution < 1.29 is 19.1 Å². The van der Waals surface area contributed by atoms with E-state index in [0.29, 0.717) is 38.2 Å². The Kier molecular flexibility index (Phi) is 4.91. The molecule has 1 saturated heterocycles. The first-order valence-electron chi connectivity index (χ1n) is 9.51. The zero-order valence-electron chi connectivity index (χ0n) is 16.2. The minimum Gasteiger partial charge on any atom is -0.352 e. The van der Waals surface area contributed by atoms with Crippen LogP contribution in [0.15, 0.2) is 42.5 Å². The molecule has 0 aliphatic carbocycles. The number of anilines is 1. The van der Waals surface area contributed by atoms with Crippen molar-refractivity contribution in [1.29, 1.82) is 0 Å². The fourth-order valence-corrected chi connectivity index (χ4v) is 3.76. The van der Waals surface area contributed by atoms with Gasteiger partial charge in [0, 0.05) is 36.8 Å². The molecule has 28 heavy (non-hydrogen) atoms. The highest BCUT2D eigenvalue weighted by Crippen LogP contribution is 2.38. The van der Waals surface area contributed by atoms with Crippen LogP contribution in [-0.4, -0.2) is 38.6 Å². The van der Waals surface area contributed by atoms with Crippen LogP contribution in [0.4, 0.5) is 5.69 Å². The Morgan fingerprint density at radius 2 is 1.86 bits per heavy atom. The van der Waals surface area contributed by atoms with E-state index in [1.807, 2.05) is 49.4 Å². The van der Waals surface area contributed by atoms with Gasteiger partial charge in [0.1, 0.15) is 0 Å². The van der Waals surface area contributed by atoms with Crippen LogP contribution in [0, 0.1) is 6.92 Å². The van der Waals surface area contributed by atoms with E-state index in [2.05, 4.69) is 5.32 Å². The Morgan fingerprint density at radius 1 is 1.14 bits per heavy atom. The maximum absolute atomic E-state index is 12.4. The van der Waals surface area contributed by atoms with E-state index in [1.165, 1.54) is 0 Å². The lowest BCUT2D eigenvalue weighted by Gasteiger charge is -2.28. The Balaban J connectivity index is 1.47. The van der Waals surface area contributed by atoms with Crippen molar-refractivity contribution >= 4 is 17.5 Å². The third-order valence-corrected chi connectivity index (χ3v) is 5.40. The van der Waals surface area contributed by atoms with Crippen LogP contribution >= 0.6 is 0 Å². The smallest absolute Gasteiger partial charge is 0.251 e. The standard InChI is InChI=1S/C22H24N2O4/c1-15-3-5-16(6-4-15)21(26)23-10-9-22(27-11-12-28-22)18-7-8-19-17(13-18)14-20(25)24(19)2/h3-8,13H,9-12,14H2,1-2H3,(H,23,26).